The molecule has 1 aromatic carbocycles. The van der Waals surface area contributed by atoms with Crippen molar-refractivity contribution in [3.05, 3.63) is 54.6 Å². The quantitative estimate of drug-likeness (QED) is 0.794. The highest BCUT2D eigenvalue weighted by atomic mass is 16.3. The number of hydrogen-bond acceptors (Lipinski definition) is 3. The molecule has 2 heterocycles. The summed E-state index contributed by atoms with van der Waals surface area (Å²) < 4.78 is 5.70. The van der Waals surface area contributed by atoms with Crippen LogP contribution in [0.3, 0.4) is 0 Å². The third-order valence-electron chi connectivity index (χ3n) is 3.31. The molecule has 0 fully saturated rings. The van der Waals surface area contributed by atoms with Crippen LogP contribution >= 0.6 is 0 Å². The third-order valence-corrected chi connectivity index (χ3v) is 3.31. The Labute approximate surface area is 122 Å². The number of nitrogens with one attached hydrogen (secondary N) is 1. The zero-order valence-corrected chi connectivity index (χ0v) is 11.8. The fourth-order valence-corrected chi connectivity index (χ4v) is 2.27. The number of benzene rings is 1. The van der Waals surface area contributed by atoms with E-state index in [-0.39, 0.29) is 5.91 Å². The lowest BCUT2D eigenvalue weighted by atomic mass is 10.1. The van der Waals surface area contributed by atoms with Gasteiger partial charge < -0.3 is 9.73 Å². The molecule has 3 rings (SSSR count). The molecule has 0 spiro atoms. The molecular formula is C17H16N2O2. The SMILES string of the molecule is CCCNC(=O)c1ccc(-c2cccc3cnccc23)o1. The molecule has 0 aliphatic carbocycles. The van der Waals surface area contributed by atoms with Gasteiger partial charge in [-0.15, -0.1) is 0 Å². The molecule has 2 aromatic heterocycles. The maximum atomic E-state index is 11.9. The number of nitrogens with zero attached hydrogens (tertiary/aromatic N) is 1. The van der Waals surface area contributed by atoms with Crippen molar-refractivity contribution >= 4 is 16.7 Å². The first-order chi connectivity index (χ1) is 10.3. The van der Waals surface area contributed by atoms with E-state index in [4.69, 9.17) is 4.42 Å². The molecule has 0 radical (unpaired) electrons. The summed E-state index contributed by atoms with van der Waals surface area (Å²) in [5, 5.41) is 4.91. The monoisotopic (exact) mass is 280 g/mol. The molecule has 106 valence electrons. The molecule has 1 N–H and O–H groups in total. The van der Waals surface area contributed by atoms with Crippen molar-refractivity contribution in [1.82, 2.24) is 10.3 Å². The lowest BCUT2D eigenvalue weighted by Gasteiger charge is -2.03. The summed E-state index contributed by atoms with van der Waals surface area (Å²) in [5.74, 6) is 0.850. The average molecular weight is 280 g/mol. The summed E-state index contributed by atoms with van der Waals surface area (Å²) >= 11 is 0. The summed E-state index contributed by atoms with van der Waals surface area (Å²) in [7, 11) is 0. The molecule has 4 nitrogen and oxygen atoms in total. The highest BCUT2D eigenvalue weighted by Crippen LogP contribution is 2.29. The Morgan fingerprint density at radius 3 is 3.00 bits per heavy atom. The van der Waals surface area contributed by atoms with Gasteiger partial charge in [-0.3, -0.25) is 9.78 Å². The van der Waals surface area contributed by atoms with Crippen molar-refractivity contribution in [1.29, 1.82) is 0 Å². The first kappa shape index (κ1) is 13.4. The molecular weight excluding hydrogens is 264 g/mol. The topological polar surface area (TPSA) is 55.1 Å². The van der Waals surface area contributed by atoms with Crippen molar-refractivity contribution < 1.29 is 9.21 Å². The van der Waals surface area contributed by atoms with E-state index in [1.807, 2.05) is 43.5 Å². The summed E-state index contributed by atoms with van der Waals surface area (Å²) in [6.07, 6.45) is 4.47. The van der Waals surface area contributed by atoms with Gasteiger partial charge in [0.2, 0.25) is 0 Å². The van der Waals surface area contributed by atoms with Crippen LogP contribution in [0.25, 0.3) is 22.1 Å². The number of furan rings is 1. The van der Waals surface area contributed by atoms with Crippen molar-refractivity contribution in [3.8, 4) is 11.3 Å². The van der Waals surface area contributed by atoms with Gasteiger partial charge in [0.15, 0.2) is 5.76 Å². The highest BCUT2D eigenvalue weighted by Gasteiger charge is 2.13. The second-order valence-corrected chi connectivity index (χ2v) is 4.82. The van der Waals surface area contributed by atoms with Gasteiger partial charge in [0.25, 0.3) is 5.91 Å². The lowest BCUT2D eigenvalue weighted by Crippen LogP contribution is -2.23. The normalized spacial score (nSPS) is 10.7. The van der Waals surface area contributed by atoms with Crippen LogP contribution in [0.15, 0.2) is 53.2 Å². The molecule has 0 bridgehead atoms. The number of hydrogen-bond donors (Lipinski definition) is 1. The minimum Gasteiger partial charge on any atom is -0.451 e. The van der Waals surface area contributed by atoms with E-state index in [1.54, 1.807) is 12.3 Å². The molecule has 0 aliphatic heterocycles. The smallest absolute Gasteiger partial charge is 0.287 e. The largest absolute Gasteiger partial charge is 0.451 e. The lowest BCUT2D eigenvalue weighted by molar-refractivity contribution is 0.0927. The highest BCUT2D eigenvalue weighted by molar-refractivity contribution is 5.96. The number of carbonyl (C=O) groups excluding carboxylic acids is 1. The predicted octanol–water partition coefficient (Wildman–Crippen LogP) is 3.63. The standard InChI is InChI=1S/C17H16N2O2/c1-2-9-19-17(20)16-7-6-15(21-16)14-5-3-4-12-11-18-10-8-13(12)14/h3-8,10-11H,2,9H2,1H3,(H,19,20). The van der Waals surface area contributed by atoms with Crippen molar-refractivity contribution in [2.45, 2.75) is 13.3 Å². The Hall–Kier alpha value is -2.62. The van der Waals surface area contributed by atoms with E-state index >= 15 is 0 Å². The van der Waals surface area contributed by atoms with Crippen LogP contribution in [0.5, 0.6) is 0 Å². The maximum Gasteiger partial charge on any atom is 0.287 e. The first-order valence-corrected chi connectivity index (χ1v) is 7.00. The zero-order chi connectivity index (χ0) is 14.7. The summed E-state index contributed by atoms with van der Waals surface area (Å²) in [4.78, 5) is 16.0. The van der Waals surface area contributed by atoms with Gasteiger partial charge >= 0.3 is 0 Å². The Balaban J connectivity index is 1.97. The number of aromatic nitrogens is 1. The number of pyridine rings is 1. The second kappa shape index (κ2) is 5.79. The molecule has 0 atom stereocenters. The van der Waals surface area contributed by atoms with E-state index < -0.39 is 0 Å². The molecule has 0 saturated heterocycles. The predicted molar refractivity (Wildman–Crippen MR) is 82.1 cm³/mol. The Bertz CT molecular complexity index is 772. The van der Waals surface area contributed by atoms with Crippen LogP contribution in [0.4, 0.5) is 0 Å². The number of fused-ring (bicyclic) bond motifs is 1. The Morgan fingerprint density at radius 1 is 1.24 bits per heavy atom. The number of carbonyl (C=O) groups is 1. The fourth-order valence-electron chi connectivity index (χ4n) is 2.27. The van der Waals surface area contributed by atoms with E-state index in [0.29, 0.717) is 18.1 Å². The summed E-state index contributed by atoms with van der Waals surface area (Å²) in [5.41, 5.74) is 0.962. The van der Waals surface area contributed by atoms with Gasteiger partial charge in [-0.2, -0.15) is 0 Å². The van der Waals surface area contributed by atoms with Gasteiger partial charge in [-0.25, -0.2) is 0 Å². The van der Waals surface area contributed by atoms with Crippen molar-refractivity contribution in [2.24, 2.45) is 0 Å². The molecule has 3 aromatic rings. The molecule has 0 saturated carbocycles. The average Bonchev–Trinajstić information content (AvgIpc) is 3.02. The van der Waals surface area contributed by atoms with Crippen LogP contribution < -0.4 is 5.32 Å². The van der Waals surface area contributed by atoms with Gasteiger partial charge in [0.1, 0.15) is 5.76 Å². The van der Waals surface area contributed by atoms with Crippen LogP contribution in [0, 0.1) is 0 Å². The minimum absolute atomic E-state index is 0.176. The summed E-state index contributed by atoms with van der Waals surface area (Å²) in [6, 6.07) is 11.4. The summed E-state index contributed by atoms with van der Waals surface area (Å²) in [6.45, 7) is 2.66. The minimum atomic E-state index is -0.176. The molecule has 0 unspecified atom stereocenters. The van der Waals surface area contributed by atoms with Crippen LogP contribution in [0.2, 0.25) is 0 Å². The number of rotatable bonds is 4. The van der Waals surface area contributed by atoms with E-state index in [0.717, 1.165) is 22.8 Å². The van der Waals surface area contributed by atoms with Crippen LogP contribution in [-0.2, 0) is 0 Å². The molecule has 1 amide bonds. The second-order valence-electron chi connectivity index (χ2n) is 4.82. The Kier molecular flexibility index (Phi) is 3.69. The fraction of sp³-hybridized carbons (Fsp3) is 0.176. The van der Waals surface area contributed by atoms with Crippen LogP contribution in [-0.4, -0.2) is 17.4 Å². The molecule has 0 aliphatic rings. The Morgan fingerprint density at radius 2 is 2.14 bits per heavy atom. The van der Waals surface area contributed by atoms with Crippen molar-refractivity contribution in [3.63, 3.8) is 0 Å². The third kappa shape index (κ3) is 2.65. The molecule has 21 heavy (non-hydrogen) atoms. The van der Waals surface area contributed by atoms with E-state index in [9.17, 15) is 4.79 Å². The van der Waals surface area contributed by atoms with Crippen LogP contribution in [0.1, 0.15) is 23.9 Å². The maximum absolute atomic E-state index is 11.9. The van der Waals surface area contributed by atoms with Crippen molar-refractivity contribution in [2.75, 3.05) is 6.54 Å². The van der Waals surface area contributed by atoms with Gasteiger partial charge in [0, 0.05) is 29.9 Å². The van der Waals surface area contributed by atoms with E-state index in [1.165, 1.54) is 0 Å². The van der Waals surface area contributed by atoms with Gasteiger partial charge in [-0.1, -0.05) is 25.1 Å². The molecule has 4 heteroatoms. The van der Waals surface area contributed by atoms with Gasteiger partial charge in [-0.05, 0) is 30.0 Å². The zero-order valence-electron chi connectivity index (χ0n) is 11.8. The van der Waals surface area contributed by atoms with Gasteiger partial charge in [0.05, 0.1) is 0 Å². The van der Waals surface area contributed by atoms with E-state index in [2.05, 4.69) is 10.3 Å². The number of amides is 1. The first-order valence-electron chi connectivity index (χ1n) is 7.00.